The molecule has 0 spiro atoms. The zero-order valence-electron chi connectivity index (χ0n) is 14.7. The molecule has 1 heterocycles. The Labute approximate surface area is 165 Å². The molecule has 0 bridgehead atoms. The monoisotopic (exact) mass is 405 g/mol. The van der Waals surface area contributed by atoms with E-state index >= 15 is 0 Å². The number of para-hydroxylation sites is 1. The first kappa shape index (κ1) is 19.2. The van der Waals surface area contributed by atoms with Gasteiger partial charge in [0.2, 0.25) is 0 Å². The molecule has 27 heavy (non-hydrogen) atoms. The second kappa shape index (κ2) is 7.60. The third kappa shape index (κ3) is 3.51. The van der Waals surface area contributed by atoms with Crippen LogP contribution in [0.1, 0.15) is 26.4 Å². The van der Waals surface area contributed by atoms with Crippen LogP contribution in [-0.4, -0.2) is 23.0 Å². The van der Waals surface area contributed by atoms with Gasteiger partial charge >= 0.3 is 0 Å². The number of hydrogen-bond donors (Lipinski definition) is 2. The normalized spacial score (nSPS) is 10.9. The maximum Gasteiger partial charge on any atom is 0.269 e. The van der Waals surface area contributed by atoms with Gasteiger partial charge in [-0.3, -0.25) is 19.6 Å². The number of carbonyl (C=O) groups is 2. The molecule has 0 saturated heterocycles. The van der Waals surface area contributed by atoms with Crippen LogP contribution in [0.3, 0.4) is 0 Å². The highest BCUT2D eigenvalue weighted by atomic mass is 35.5. The van der Waals surface area contributed by atoms with Crippen LogP contribution in [0.25, 0.3) is 10.9 Å². The molecule has 0 unspecified atom stereocenters. The number of aromatic nitrogens is 1. The maximum absolute atomic E-state index is 12.9. The van der Waals surface area contributed by atoms with Crippen molar-refractivity contribution < 1.29 is 14.3 Å². The summed E-state index contributed by atoms with van der Waals surface area (Å²) in [6.07, 6.45) is 0. The number of fused-ring (bicyclic) bond motifs is 1. The average molecular weight is 406 g/mol. The van der Waals surface area contributed by atoms with Crippen molar-refractivity contribution in [3.63, 3.8) is 0 Å². The molecular weight excluding hydrogens is 389 g/mol. The van der Waals surface area contributed by atoms with Crippen LogP contribution >= 0.6 is 23.2 Å². The van der Waals surface area contributed by atoms with Crippen molar-refractivity contribution >= 4 is 45.9 Å². The minimum absolute atomic E-state index is 0.259. The van der Waals surface area contributed by atoms with Crippen LogP contribution in [0.15, 0.2) is 36.4 Å². The number of ether oxygens (including phenoxy) is 1. The molecule has 1 amide bonds. The van der Waals surface area contributed by atoms with E-state index in [0.717, 1.165) is 5.56 Å². The minimum atomic E-state index is -0.465. The van der Waals surface area contributed by atoms with E-state index in [4.69, 9.17) is 33.8 Å². The number of amides is 1. The predicted molar refractivity (Wildman–Crippen MR) is 106 cm³/mol. The van der Waals surface area contributed by atoms with Crippen molar-refractivity contribution in [3.8, 4) is 5.75 Å². The zero-order valence-corrected chi connectivity index (χ0v) is 16.2. The lowest BCUT2D eigenvalue weighted by Gasteiger charge is -2.12. The molecule has 6 nitrogen and oxygen atoms in total. The number of rotatable bonds is 4. The highest BCUT2D eigenvalue weighted by molar-refractivity contribution is 6.35. The Morgan fingerprint density at radius 3 is 2.56 bits per heavy atom. The summed E-state index contributed by atoms with van der Waals surface area (Å²) >= 11 is 12.1. The number of hydrogen-bond acceptors (Lipinski definition) is 4. The molecule has 0 aliphatic heterocycles. The third-order valence-electron chi connectivity index (χ3n) is 4.25. The third-order valence-corrected chi connectivity index (χ3v) is 4.75. The summed E-state index contributed by atoms with van der Waals surface area (Å²) in [5, 5.41) is 1.44. The summed E-state index contributed by atoms with van der Waals surface area (Å²) in [5.74, 6) is 4.87. The van der Waals surface area contributed by atoms with Crippen molar-refractivity contribution in [2.75, 3.05) is 6.61 Å². The number of nitrogens with two attached hydrogens (primary N) is 1. The topological polar surface area (TPSA) is 86.3 Å². The van der Waals surface area contributed by atoms with E-state index in [1.807, 2.05) is 0 Å². The largest absolute Gasteiger partial charge is 0.482 e. The second-order valence-corrected chi connectivity index (χ2v) is 6.85. The number of hydrazine groups is 1. The Bertz CT molecular complexity index is 1040. The molecule has 0 fully saturated rings. The Kier molecular flexibility index (Phi) is 5.41. The van der Waals surface area contributed by atoms with Gasteiger partial charge in [0, 0.05) is 16.1 Å². The van der Waals surface area contributed by atoms with E-state index in [0.29, 0.717) is 38.0 Å². The molecule has 8 heteroatoms. The van der Waals surface area contributed by atoms with E-state index in [2.05, 4.69) is 5.43 Å². The van der Waals surface area contributed by atoms with Gasteiger partial charge in [0.25, 0.3) is 11.8 Å². The first-order chi connectivity index (χ1) is 12.8. The first-order valence-electron chi connectivity index (χ1n) is 8.07. The SMILES string of the molecule is Cc1cc(Cl)cc(Cl)c1OCC(=O)n1c(C)c(C(=O)NN)c2ccccc21. The first-order valence-corrected chi connectivity index (χ1v) is 8.83. The van der Waals surface area contributed by atoms with Gasteiger partial charge in [-0.2, -0.15) is 0 Å². The van der Waals surface area contributed by atoms with Crippen molar-refractivity contribution in [1.29, 1.82) is 0 Å². The molecule has 140 valence electrons. The van der Waals surface area contributed by atoms with Crippen molar-refractivity contribution in [1.82, 2.24) is 9.99 Å². The fraction of sp³-hybridized carbons (Fsp3) is 0.158. The quantitative estimate of drug-likeness (QED) is 0.391. The van der Waals surface area contributed by atoms with Crippen molar-refractivity contribution in [3.05, 3.63) is 63.3 Å². The van der Waals surface area contributed by atoms with Crippen LogP contribution < -0.4 is 16.0 Å². The Hall–Kier alpha value is -2.54. The van der Waals surface area contributed by atoms with E-state index in [-0.39, 0.29) is 12.5 Å². The van der Waals surface area contributed by atoms with Gasteiger partial charge in [-0.25, -0.2) is 5.84 Å². The highest BCUT2D eigenvalue weighted by Gasteiger charge is 2.23. The van der Waals surface area contributed by atoms with Gasteiger partial charge in [-0.05, 0) is 37.6 Å². The molecule has 3 aromatic rings. The molecule has 0 radical (unpaired) electrons. The van der Waals surface area contributed by atoms with E-state index in [1.54, 1.807) is 50.2 Å². The second-order valence-electron chi connectivity index (χ2n) is 6.00. The number of halogens is 2. The van der Waals surface area contributed by atoms with Gasteiger partial charge in [-0.1, -0.05) is 41.4 Å². The molecular formula is C19H17Cl2N3O3. The molecule has 0 aliphatic rings. The summed E-state index contributed by atoms with van der Waals surface area (Å²) in [6, 6.07) is 10.4. The number of carbonyl (C=O) groups excluding carboxylic acids is 2. The average Bonchev–Trinajstić information content (AvgIpc) is 2.91. The molecule has 1 aromatic heterocycles. The number of benzene rings is 2. The summed E-state index contributed by atoms with van der Waals surface area (Å²) in [6.45, 7) is 3.21. The molecule has 0 aliphatic carbocycles. The summed E-state index contributed by atoms with van der Waals surface area (Å²) in [5.41, 5.74) is 4.27. The van der Waals surface area contributed by atoms with E-state index in [9.17, 15) is 9.59 Å². The van der Waals surface area contributed by atoms with Crippen LogP contribution in [0.2, 0.25) is 10.0 Å². The summed E-state index contributed by atoms with van der Waals surface area (Å²) in [7, 11) is 0. The van der Waals surface area contributed by atoms with E-state index in [1.165, 1.54) is 4.57 Å². The number of nitrogen functional groups attached to an aromatic ring is 1. The molecule has 3 N–H and O–H groups in total. The van der Waals surface area contributed by atoms with Crippen molar-refractivity contribution in [2.45, 2.75) is 13.8 Å². The number of aryl methyl sites for hydroxylation is 1. The smallest absolute Gasteiger partial charge is 0.269 e. The Balaban J connectivity index is 1.98. The van der Waals surface area contributed by atoms with Crippen LogP contribution in [0.5, 0.6) is 5.75 Å². The molecule has 2 aromatic carbocycles. The predicted octanol–water partition coefficient (Wildman–Crippen LogP) is 3.89. The van der Waals surface area contributed by atoms with Gasteiger partial charge in [0.15, 0.2) is 6.61 Å². The highest BCUT2D eigenvalue weighted by Crippen LogP contribution is 2.32. The lowest BCUT2D eigenvalue weighted by molar-refractivity contribution is 0.0840. The molecule has 3 rings (SSSR count). The minimum Gasteiger partial charge on any atom is -0.482 e. The number of nitrogens with one attached hydrogen (secondary N) is 1. The Morgan fingerprint density at radius 1 is 1.19 bits per heavy atom. The van der Waals surface area contributed by atoms with Gasteiger partial charge < -0.3 is 4.74 Å². The summed E-state index contributed by atoms with van der Waals surface area (Å²) < 4.78 is 7.10. The van der Waals surface area contributed by atoms with E-state index < -0.39 is 5.91 Å². The lowest BCUT2D eigenvalue weighted by atomic mass is 10.1. The van der Waals surface area contributed by atoms with Crippen LogP contribution in [-0.2, 0) is 0 Å². The standard InChI is InChI=1S/C19H17Cl2N3O3/c1-10-7-12(20)8-14(21)18(10)27-9-16(25)24-11(2)17(19(26)23-22)13-5-3-4-6-15(13)24/h3-8H,9,22H2,1-2H3,(H,23,26). The lowest BCUT2D eigenvalue weighted by Crippen LogP contribution is -2.30. The maximum atomic E-state index is 12.9. The summed E-state index contributed by atoms with van der Waals surface area (Å²) in [4.78, 5) is 25.0. The van der Waals surface area contributed by atoms with Gasteiger partial charge in [-0.15, -0.1) is 0 Å². The molecule has 0 saturated carbocycles. The van der Waals surface area contributed by atoms with Crippen molar-refractivity contribution in [2.24, 2.45) is 5.84 Å². The van der Waals surface area contributed by atoms with Gasteiger partial charge in [0.1, 0.15) is 5.75 Å². The molecule has 0 atom stereocenters. The Morgan fingerprint density at radius 2 is 1.89 bits per heavy atom. The fourth-order valence-electron chi connectivity index (χ4n) is 3.12. The van der Waals surface area contributed by atoms with Gasteiger partial charge in [0.05, 0.1) is 16.1 Å². The van der Waals surface area contributed by atoms with Crippen LogP contribution in [0, 0.1) is 13.8 Å². The zero-order chi connectivity index (χ0) is 19.7. The number of nitrogens with zero attached hydrogens (tertiary/aromatic N) is 1. The fourth-order valence-corrected chi connectivity index (χ4v) is 3.77. The van der Waals surface area contributed by atoms with Crippen LogP contribution in [0.4, 0.5) is 0 Å².